The summed E-state index contributed by atoms with van der Waals surface area (Å²) in [6, 6.07) is 6.83. The molecule has 0 amide bonds. The Labute approximate surface area is 108 Å². The zero-order valence-corrected chi connectivity index (χ0v) is 10.7. The molecule has 0 spiro atoms. The first-order valence-electron chi connectivity index (χ1n) is 6.65. The molecule has 2 nitrogen and oxygen atoms in total. The molecule has 3 heteroatoms. The Kier molecular flexibility index (Phi) is 4.19. The fourth-order valence-corrected chi connectivity index (χ4v) is 2.59. The maximum atomic E-state index is 13.1. The molecule has 0 bridgehead atoms. The first-order chi connectivity index (χ1) is 8.69. The summed E-state index contributed by atoms with van der Waals surface area (Å²) in [5, 5.41) is 12.4. The van der Waals surface area contributed by atoms with Gasteiger partial charge in [0.15, 0.2) is 0 Å². The molecule has 18 heavy (non-hydrogen) atoms. The highest BCUT2D eigenvalue weighted by molar-refractivity contribution is 5.57. The summed E-state index contributed by atoms with van der Waals surface area (Å²) in [5.41, 5.74) is 1.16. The van der Waals surface area contributed by atoms with Gasteiger partial charge in [0.1, 0.15) is 11.9 Å². The van der Waals surface area contributed by atoms with E-state index in [0.717, 1.165) is 24.4 Å². The summed E-state index contributed by atoms with van der Waals surface area (Å²) in [6.45, 7) is 2.29. The fourth-order valence-electron chi connectivity index (χ4n) is 2.59. The second kappa shape index (κ2) is 5.86. The highest BCUT2D eigenvalue weighted by Crippen LogP contribution is 2.26. The van der Waals surface area contributed by atoms with E-state index in [2.05, 4.69) is 12.2 Å². The average Bonchev–Trinajstić information content (AvgIpc) is 2.56. The molecular formula is C15H19FN2. The number of rotatable bonds is 2. The number of nitrogens with zero attached hydrogens (tertiary/aromatic N) is 1. The van der Waals surface area contributed by atoms with Crippen LogP contribution < -0.4 is 5.32 Å². The molecule has 1 N–H and O–H groups in total. The van der Waals surface area contributed by atoms with Crippen molar-refractivity contribution >= 4 is 5.69 Å². The number of anilines is 1. The molecule has 1 aromatic carbocycles. The number of halogens is 1. The molecule has 96 valence electrons. The van der Waals surface area contributed by atoms with Crippen molar-refractivity contribution in [3.05, 3.63) is 29.6 Å². The van der Waals surface area contributed by atoms with Gasteiger partial charge in [-0.15, -0.1) is 0 Å². The molecule has 1 saturated carbocycles. The number of hydrogen-bond acceptors (Lipinski definition) is 2. The van der Waals surface area contributed by atoms with Crippen molar-refractivity contribution in [1.29, 1.82) is 5.26 Å². The summed E-state index contributed by atoms with van der Waals surface area (Å²) in [7, 11) is 0. The van der Waals surface area contributed by atoms with Crippen LogP contribution in [0.25, 0.3) is 0 Å². The van der Waals surface area contributed by atoms with Crippen LogP contribution >= 0.6 is 0 Å². The monoisotopic (exact) mass is 246 g/mol. The van der Waals surface area contributed by atoms with Crippen LogP contribution in [-0.4, -0.2) is 6.04 Å². The largest absolute Gasteiger partial charge is 0.381 e. The third-order valence-corrected chi connectivity index (χ3v) is 3.72. The molecule has 0 heterocycles. The Morgan fingerprint density at radius 2 is 2.11 bits per heavy atom. The fraction of sp³-hybridized carbons (Fsp3) is 0.533. The molecule has 2 atom stereocenters. The highest BCUT2D eigenvalue weighted by Gasteiger charge is 2.17. The van der Waals surface area contributed by atoms with Crippen LogP contribution in [0, 0.1) is 23.1 Å². The third kappa shape index (κ3) is 3.22. The number of hydrogen-bond donors (Lipinski definition) is 1. The van der Waals surface area contributed by atoms with Gasteiger partial charge in [-0.25, -0.2) is 4.39 Å². The van der Waals surface area contributed by atoms with E-state index < -0.39 is 0 Å². The van der Waals surface area contributed by atoms with Crippen LogP contribution in [-0.2, 0) is 0 Å². The van der Waals surface area contributed by atoms with Crippen molar-refractivity contribution < 1.29 is 4.39 Å². The summed E-state index contributed by atoms with van der Waals surface area (Å²) in [5.74, 6) is 0.437. The van der Waals surface area contributed by atoms with E-state index in [4.69, 9.17) is 5.26 Å². The highest BCUT2D eigenvalue weighted by atomic mass is 19.1. The molecule has 0 aromatic heterocycles. The van der Waals surface area contributed by atoms with Crippen LogP contribution in [0.5, 0.6) is 0 Å². The van der Waals surface area contributed by atoms with E-state index in [0.29, 0.717) is 11.6 Å². The molecule has 1 fully saturated rings. The Bertz CT molecular complexity index is 450. The van der Waals surface area contributed by atoms with Gasteiger partial charge in [-0.05, 0) is 43.4 Å². The van der Waals surface area contributed by atoms with Crippen LogP contribution in [0.1, 0.15) is 44.6 Å². The molecule has 1 aliphatic rings. The van der Waals surface area contributed by atoms with Crippen molar-refractivity contribution in [2.24, 2.45) is 5.92 Å². The van der Waals surface area contributed by atoms with E-state index in [-0.39, 0.29) is 5.82 Å². The lowest BCUT2D eigenvalue weighted by Crippen LogP contribution is -2.19. The molecular weight excluding hydrogens is 227 g/mol. The minimum absolute atomic E-state index is 0.355. The van der Waals surface area contributed by atoms with Gasteiger partial charge in [-0.3, -0.25) is 0 Å². The summed E-state index contributed by atoms with van der Waals surface area (Å²) >= 11 is 0. The topological polar surface area (TPSA) is 35.8 Å². The number of nitrogens with one attached hydrogen (secondary N) is 1. The third-order valence-electron chi connectivity index (χ3n) is 3.72. The zero-order chi connectivity index (χ0) is 13.0. The van der Waals surface area contributed by atoms with Gasteiger partial charge in [0, 0.05) is 6.04 Å². The summed E-state index contributed by atoms with van der Waals surface area (Å²) < 4.78 is 13.1. The molecule has 0 radical (unpaired) electrons. The lowest BCUT2D eigenvalue weighted by atomic mass is 10.0. The Balaban J connectivity index is 2.07. The zero-order valence-electron chi connectivity index (χ0n) is 10.7. The molecule has 1 aliphatic carbocycles. The minimum atomic E-state index is -0.355. The Morgan fingerprint density at radius 1 is 1.28 bits per heavy atom. The lowest BCUT2D eigenvalue weighted by molar-refractivity contribution is 0.502. The molecule has 0 aliphatic heterocycles. The van der Waals surface area contributed by atoms with E-state index in [1.165, 1.54) is 31.4 Å². The number of benzene rings is 1. The predicted octanol–water partition coefficient (Wildman–Crippen LogP) is 4.08. The Hall–Kier alpha value is -1.56. The van der Waals surface area contributed by atoms with Crippen molar-refractivity contribution in [1.82, 2.24) is 0 Å². The molecule has 2 unspecified atom stereocenters. The smallest absolute Gasteiger partial charge is 0.124 e. The van der Waals surface area contributed by atoms with E-state index >= 15 is 0 Å². The van der Waals surface area contributed by atoms with Gasteiger partial charge in [0.2, 0.25) is 0 Å². The van der Waals surface area contributed by atoms with E-state index in [1.54, 1.807) is 6.07 Å². The maximum absolute atomic E-state index is 13.1. The summed E-state index contributed by atoms with van der Waals surface area (Å²) in [6.07, 6.45) is 5.99. The standard InChI is InChI=1S/C15H19FN2/c1-11-3-2-4-14(7-5-11)18-15-8-6-13(16)9-12(15)10-17/h6,8-9,11,14,18H,2-5,7H2,1H3. The van der Waals surface area contributed by atoms with Gasteiger partial charge >= 0.3 is 0 Å². The van der Waals surface area contributed by atoms with Gasteiger partial charge < -0.3 is 5.32 Å². The quantitative estimate of drug-likeness (QED) is 0.798. The lowest BCUT2D eigenvalue weighted by Gasteiger charge is -2.18. The van der Waals surface area contributed by atoms with E-state index in [1.807, 2.05) is 6.07 Å². The minimum Gasteiger partial charge on any atom is -0.381 e. The van der Waals surface area contributed by atoms with Crippen LogP contribution in [0.3, 0.4) is 0 Å². The predicted molar refractivity (Wildman–Crippen MR) is 70.8 cm³/mol. The van der Waals surface area contributed by atoms with Crippen molar-refractivity contribution in [3.63, 3.8) is 0 Å². The molecule has 1 aromatic rings. The second-order valence-corrected chi connectivity index (χ2v) is 5.26. The SMILES string of the molecule is CC1CCCC(Nc2ccc(F)cc2C#N)CC1. The molecule has 2 rings (SSSR count). The van der Waals surface area contributed by atoms with Gasteiger partial charge in [0.05, 0.1) is 11.3 Å². The van der Waals surface area contributed by atoms with Gasteiger partial charge in [-0.1, -0.05) is 19.8 Å². The van der Waals surface area contributed by atoms with Crippen molar-refractivity contribution in [2.75, 3.05) is 5.32 Å². The Morgan fingerprint density at radius 3 is 2.89 bits per heavy atom. The van der Waals surface area contributed by atoms with Crippen LogP contribution in [0.4, 0.5) is 10.1 Å². The van der Waals surface area contributed by atoms with Gasteiger partial charge in [-0.2, -0.15) is 5.26 Å². The summed E-state index contributed by atoms with van der Waals surface area (Å²) in [4.78, 5) is 0. The number of nitriles is 1. The normalized spacial score (nSPS) is 24.1. The van der Waals surface area contributed by atoms with E-state index in [9.17, 15) is 4.39 Å². The van der Waals surface area contributed by atoms with Crippen molar-refractivity contribution in [3.8, 4) is 6.07 Å². The van der Waals surface area contributed by atoms with Crippen LogP contribution in [0.15, 0.2) is 18.2 Å². The first kappa shape index (κ1) is 12.9. The van der Waals surface area contributed by atoms with Gasteiger partial charge in [0.25, 0.3) is 0 Å². The first-order valence-corrected chi connectivity index (χ1v) is 6.65. The second-order valence-electron chi connectivity index (χ2n) is 5.26. The maximum Gasteiger partial charge on any atom is 0.124 e. The average molecular weight is 246 g/mol. The molecule has 0 saturated heterocycles. The van der Waals surface area contributed by atoms with Crippen molar-refractivity contribution in [2.45, 2.75) is 45.1 Å². The van der Waals surface area contributed by atoms with Crippen LogP contribution in [0.2, 0.25) is 0 Å².